The van der Waals surface area contributed by atoms with Crippen molar-refractivity contribution < 1.29 is 4.79 Å². The fourth-order valence-electron chi connectivity index (χ4n) is 2.24. The molecule has 0 bridgehead atoms. The van der Waals surface area contributed by atoms with Crippen molar-refractivity contribution in [3.8, 4) is 0 Å². The molecule has 0 aliphatic rings. The maximum Gasteiger partial charge on any atom is 0.268 e. The second kappa shape index (κ2) is 6.71. The number of hydrogen-bond donors (Lipinski definition) is 0. The highest BCUT2D eigenvalue weighted by Crippen LogP contribution is 2.26. The fraction of sp³-hybridized carbons (Fsp3) is 0.353. The van der Waals surface area contributed by atoms with Crippen LogP contribution in [0, 0.1) is 0 Å². The van der Waals surface area contributed by atoms with Crippen molar-refractivity contribution in [3.05, 3.63) is 51.7 Å². The number of nitrogens with zero attached hydrogens (tertiary/aromatic N) is 1. The Labute approximate surface area is 125 Å². The van der Waals surface area contributed by atoms with Gasteiger partial charge in [-0.1, -0.05) is 38.5 Å². The van der Waals surface area contributed by atoms with Crippen LogP contribution in [0.5, 0.6) is 0 Å². The van der Waals surface area contributed by atoms with E-state index in [0.29, 0.717) is 0 Å². The third kappa shape index (κ3) is 3.10. The molecule has 2 nitrogen and oxygen atoms in total. The number of para-hydroxylation sites is 1. The SMILES string of the molecule is CCCc1sc(C(=O)N(C)c2ccccc2)cc1CC. The number of thiophene rings is 1. The Morgan fingerprint density at radius 1 is 1.20 bits per heavy atom. The van der Waals surface area contributed by atoms with E-state index in [1.165, 1.54) is 10.4 Å². The van der Waals surface area contributed by atoms with Gasteiger partial charge in [0, 0.05) is 17.6 Å². The molecule has 2 aromatic rings. The summed E-state index contributed by atoms with van der Waals surface area (Å²) in [5, 5.41) is 0. The van der Waals surface area contributed by atoms with Gasteiger partial charge in [0.05, 0.1) is 4.88 Å². The van der Waals surface area contributed by atoms with Crippen molar-refractivity contribution in [1.29, 1.82) is 0 Å². The Balaban J connectivity index is 2.25. The molecule has 3 heteroatoms. The first kappa shape index (κ1) is 14.8. The zero-order chi connectivity index (χ0) is 14.5. The molecule has 106 valence electrons. The molecule has 1 aromatic carbocycles. The largest absolute Gasteiger partial charge is 0.311 e. The Kier molecular flexibility index (Phi) is 4.96. The molecule has 1 amide bonds. The fourth-order valence-corrected chi connectivity index (χ4v) is 3.58. The van der Waals surface area contributed by atoms with Gasteiger partial charge >= 0.3 is 0 Å². The van der Waals surface area contributed by atoms with Crippen LogP contribution in [0.1, 0.15) is 40.4 Å². The van der Waals surface area contributed by atoms with E-state index < -0.39 is 0 Å². The van der Waals surface area contributed by atoms with E-state index in [9.17, 15) is 4.79 Å². The molecule has 0 saturated carbocycles. The molecule has 2 rings (SSSR count). The standard InChI is InChI=1S/C17H21NOS/c1-4-9-15-13(5-2)12-16(20-15)17(19)18(3)14-10-7-6-8-11-14/h6-8,10-12H,4-5,9H2,1-3H3. The highest BCUT2D eigenvalue weighted by molar-refractivity contribution is 7.14. The van der Waals surface area contributed by atoms with Crippen molar-refractivity contribution in [2.24, 2.45) is 0 Å². The summed E-state index contributed by atoms with van der Waals surface area (Å²) in [4.78, 5) is 16.5. The first-order valence-electron chi connectivity index (χ1n) is 7.12. The normalized spacial score (nSPS) is 10.6. The topological polar surface area (TPSA) is 20.3 Å². The Morgan fingerprint density at radius 2 is 1.90 bits per heavy atom. The number of aryl methyl sites for hydroxylation is 2. The molecule has 0 aliphatic carbocycles. The summed E-state index contributed by atoms with van der Waals surface area (Å²) >= 11 is 1.65. The lowest BCUT2D eigenvalue weighted by Gasteiger charge is -2.16. The molecule has 0 radical (unpaired) electrons. The lowest BCUT2D eigenvalue weighted by molar-refractivity contribution is 0.0997. The van der Waals surface area contributed by atoms with Crippen LogP contribution in [0.4, 0.5) is 5.69 Å². The Morgan fingerprint density at radius 3 is 2.50 bits per heavy atom. The molecule has 0 N–H and O–H groups in total. The predicted molar refractivity (Wildman–Crippen MR) is 86.9 cm³/mol. The summed E-state index contributed by atoms with van der Waals surface area (Å²) in [6, 6.07) is 11.8. The number of carbonyl (C=O) groups is 1. The molecular formula is C17H21NOS. The Hall–Kier alpha value is -1.61. The smallest absolute Gasteiger partial charge is 0.268 e. The first-order valence-corrected chi connectivity index (χ1v) is 7.93. The molecule has 0 atom stereocenters. The van der Waals surface area contributed by atoms with Crippen molar-refractivity contribution in [3.63, 3.8) is 0 Å². The molecule has 0 fully saturated rings. The van der Waals surface area contributed by atoms with Gasteiger partial charge in [-0.3, -0.25) is 4.79 Å². The quantitative estimate of drug-likeness (QED) is 0.790. The third-order valence-corrected chi connectivity index (χ3v) is 4.64. The van der Waals surface area contributed by atoms with Crippen molar-refractivity contribution in [1.82, 2.24) is 0 Å². The molecule has 1 heterocycles. The monoisotopic (exact) mass is 287 g/mol. The summed E-state index contributed by atoms with van der Waals surface area (Å²) in [7, 11) is 1.84. The van der Waals surface area contributed by atoms with Crippen molar-refractivity contribution in [2.75, 3.05) is 11.9 Å². The van der Waals surface area contributed by atoms with E-state index in [4.69, 9.17) is 0 Å². The van der Waals surface area contributed by atoms with E-state index >= 15 is 0 Å². The number of amides is 1. The second-order valence-corrected chi connectivity index (χ2v) is 6.00. The lowest BCUT2D eigenvalue weighted by Crippen LogP contribution is -2.25. The summed E-state index contributed by atoms with van der Waals surface area (Å²) in [5.74, 6) is 0.0817. The van der Waals surface area contributed by atoms with E-state index in [0.717, 1.165) is 29.8 Å². The van der Waals surface area contributed by atoms with E-state index in [2.05, 4.69) is 19.9 Å². The first-order chi connectivity index (χ1) is 9.67. The maximum atomic E-state index is 12.6. The van der Waals surface area contributed by atoms with Crippen molar-refractivity contribution in [2.45, 2.75) is 33.1 Å². The molecule has 0 saturated heterocycles. The van der Waals surface area contributed by atoms with Crippen LogP contribution in [0.25, 0.3) is 0 Å². The summed E-state index contributed by atoms with van der Waals surface area (Å²) < 4.78 is 0. The van der Waals surface area contributed by atoms with Gasteiger partial charge < -0.3 is 4.90 Å². The summed E-state index contributed by atoms with van der Waals surface area (Å²) in [5.41, 5.74) is 2.25. The summed E-state index contributed by atoms with van der Waals surface area (Å²) in [6.07, 6.45) is 3.18. The van der Waals surface area contributed by atoms with Crippen LogP contribution in [-0.4, -0.2) is 13.0 Å². The van der Waals surface area contributed by atoms with Gasteiger partial charge in [0.1, 0.15) is 0 Å². The van der Waals surface area contributed by atoms with E-state index in [1.807, 2.05) is 37.4 Å². The molecular weight excluding hydrogens is 266 g/mol. The number of carbonyl (C=O) groups excluding carboxylic acids is 1. The van der Waals surface area contributed by atoms with Gasteiger partial charge in [-0.2, -0.15) is 0 Å². The minimum Gasteiger partial charge on any atom is -0.311 e. The van der Waals surface area contributed by atoms with Gasteiger partial charge in [-0.15, -0.1) is 11.3 Å². The maximum absolute atomic E-state index is 12.6. The zero-order valence-corrected chi connectivity index (χ0v) is 13.2. The average molecular weight is 287 g/mol. The number of anilines is 1. The molecule has 1 aromatic heterocycles. The average Bonchev–Trinajstić information content (AvgIpc) is 2.90. The highest BCUT2D eigenvalue weighted by atomic mass is 32.1. The predicted octanol–water partition coefficient (Wildman–Crippen LogP) is 4.54. The number of hydrogen-bond acceptors (Lipinski definition) is 2. The van der Waals surface area contributed by atoms with Crippen LogP contribution in [0.15, 0.2) is 36.4 Å². The van der Waals surface area contributed by atoms with Crippen LogP contribution in [0.2, 0.25) is 0 Å². The zero-order valence-electron chi connectivity index (χ0n) is 12.3. The molecule has 0 unspecified atom stereocenters. The number of benzene rings is 1. The van der Waals surface area contributed by atoms with Crippen LogP contribution in [0.3, 0.4) is 0 Å². The van der Waals surface area contributed by atoms with Crippen LogP contribution >= 0.6 is 11.3 Å². The third-order valence-electron chi connectivity index (χ3n) is 3.41. The number of rotatable bonds is 5. The van der Waals surface area contributed by atoms with Crippen LogP contribution < -0.4 is 4.90 Å². The van der Waals surface area contributed by atoms with Gasteiger partial charge in [0.15, 0.2) is 0 Å². The lowest BCUT2D eigenvalue weighted by atomic mass is 10.1. The van der Waals surface area contributed by atoms with Gasteiger partial charge in [0.25, 0.3) is 5.91 Å². The van der Waals surface area contributed by atoms with Gasteiger partial charge in [-0.25, -0.2) is 0 Å². The van der Waals surface area contributed by atoms with Gasteiger partial charge in [-0.05, 0) is 36.6 Å². The van der Waals surface area contributed by atoms with E-state index in [1.54, 1.807) is 16.2 Å². The van der Waals surface area contributed by atoms with Crippen LogP contribution in [-0.2, 0) is 12.8 Å². The van der Waals surface area contributed by atoms with Crippen molar-refractivity contribution >= 4 is 22.9 Å². The second-order valence-electron chi connectivity index (χ2n) is 4.86. The van der Waals surface area contributed by atoms with E-state index in [-0.39, 0.29) is 5.91 Å². The summed E-state index contributed by atoms with van der Waals surface area (Å²) in [6.45, 7) is 4.33. The molecule has 0 aliphatic heterocycles. The Bertz CT molecular complexity index is 574. The minimum atomic E-state index is 0.0817. The molecule has 0 spiro atoms. The van der Waals surface area contributed by atoms with Gasteiger partial charge in [0.2, 0.25) is 0 Å². The molecule has 20 heavy (non-hydrogen) atoms. The minimum absolute atomic E-state index is 0.0817. The highest BCUT2D eigenvalue weighted by Gasteiger charge is 2.17.